The molecule has 5 rings (SSSR count). The number of ether oxygens (including phenoxy) is 2. The molecular weight excluding hydrogens is 442 g/mol. The average molecular weight is 480 g/mol. The molecule has 0 aliphatic carbocycles. The zero-order chi connectivity index (χ0) is 23.8. The zero-order valence-electron chi connectivity index (χ0n) is 20.2. The van der Waals surface area contributed by atoms with Crippen LogP contribution in [0.3, 0.4) is 0 Å². The Morgan fingerprint density at radius 1 is 1.09 bits per heavy atom. The summed E-state index contributed by atoms with van der Waals surface area (Å²) in [7, 11) is -1.30. The van der Waals surface area contributed by atoms with Gasteiger partial charge in [0.1, 0.15) is 5.75 Å². The van der Waals surface area contributed by atoms with Crippen LogP contribution in [0, 0.1) is 11.3 Å². The number of amides is 2. The number of piperidine rings is 1. The van der Waals surface area contributed by atoms with E-state index in [1.165, 1.54) is 0 Å². The molecule has 2 bridgehead atoms. The van der Waals surface area contributed by atoms with Crippen molar-refractivity contribution in [3.05, 3.63) is 24.3 Å². The zero-order valence-corrected chi connectivity index (χ0v) is 21.0. The Morgan fingerprint density at radius 2 is 1.76 bits per heavy atom. The predicted molar refractivity (Wildman–Crippen MR) is 129 cm³/mol. The van der Waals surface area contributed by atoms with E-state index in [1.54, 1.807) is 12.0 Å². The van der Waals surface area contributed by atoms with E-state index in [1.807, 2.05) is 24.0 Å². The second kappa shape index (κ2) is 9.33. The SMILES string of the molecule is CCOc1ccc(N2C(COC)C3CN(C(=O)N4CCS(=O)(=O)CC4)CC2C(C)(C)C3)cc1. The minimum Gasteiger partial charge on any atom is -0.494 e. The van der Waals surface area contributed by atoms with Crippen LogP contribution in [-0.2, 0) is 14.6 Å². The smallest absolute Gasteiger partial charge is 0.320 e. The summed E-state index contributed by atoms with van der Waals surface area (Å²) in [4.78, 5) is 19.6. The summed E-state index contributed by atoms with van der Waals surface area (Å²) in [5.41, 5.74) is 1.12. The Morgan fingerprint density at radius 3 is 2.36 bits per heavy atom. The first-order valence-electron chi connectivity index (χ1n) is 11.9. The summed E-state index contributed by atoms with van der Waals surface area (Å²) in [6.07, 6.45) is 1.01. The van der Waals surface area contributed by atoms with Crippen molar-refractivity contribution in [2.24, 2.45) is 11.3 Å². The van der Waals surface area contributed by atoms with E-state index in [0.29, 0.717) is 26.3 Å². The lowest BCUT2D eigenvalue weighted by Gasteiger charge is -2.52. The Balaban J connectivity index is 1.63. The van der Waals surface area contributed by atoms with Crippen LogP contribution in [-0.4, -0.2) is 94.3 Å². The molecule has 4 aliphatic rings. The van der Waals surface area contributed by atoms with E-state index in [4.69, 9.17) is 9.47 Å². The van der Waals surface area contributed by atoms with E-state index < -0.39 is 9.84 Å². The highest BCUT2D eigenvalue weighted by molar-refractivity contribution is 7.91. The number of rotatable bonds is 5. The van der Waals surface area contributed by atoms with Gasteiger partial charge in [0.2, 0.25) is 0 Å². The highest BCUT2D eigenvalue weighted by atomic mass is 32.2. The maximum Gasteiger partial charge on any atom is 0.320 e. The molecule has 0 N–H and O–H groups in total. The van der Waals surface area contributed by atoms with Gasteiger partial charge in [-0.1, -0.05) is 13.8 Å². The average Bonchev–Trinajstić information content (AvgIpc) is 3.00. The number of fused-ring (bicyclic) bond motifs is 4. The van der Waals surface area contributed by atoms with Crippen molar-refractivity contribution in [2.75, 3.05) is 62.9 Å². The van der Waals surface area contributed by atoms with Crippen LogP contribution in [0.15, 0.2) is 24.3 Å². The van der Waals surface area contributed by atoms with Gasteiger partial charge in [-0.3, -0.25) is 0 Å². The topological polar surface area (TPSA) is 79.4 Å². The first-order valence-corrected chi connectivity index (χ1v) is 13.7. The molecule has 4 saturated heterocycles. The van der Waals surface area contributed by atoms with Crippen LogP contribution >= 0.6 is 0 Å². The highest BCUT2D eigenvalue weighted by Gasteiger charge is 2.52. The first-order chi connectivity index (χ1) is 15.6. The summed E-state index contributed by atoms with van der Waals surface area (Å²) in [6, 6.07) is 8.45. The molecule has 4 fully saturated rings. The summed E-state index contributed by atoms with van der Waals surface area (Å²) >= 11 is 0. The third kappa shape index (κ3) is 4.94. The second-order valence-electron chi connectivity index (χ2n) is 10.2. The molecule has 4 aliphatic heterocycles. The molecule has 1 aromatic carbocycles. The van der Waals surface area contributed by atoms with Crippen LogP contribution in [0.5, 0.6) is 5.75 Å². The Hall–Kier alpha value is -2.00. The maximum absolute atomic E-state index is 13.5. The lowest BCUT2D eigenvalue weighted by Crippen LogP contribution is -2.60. The van der Waals surface area contributed by atoms with Crippen LogP contribution in [0.25, 0.3) is 0 Å². The quantitative estimate of drug-likeness (QED) is 0.646. The van der Waals surface area contributed by atoms with Crippen molar-refractivity contribution in [1.82, 2.24) is 9.80 Å². The van der Waals surface area contributed by atoms with Gasteiger partial charge in [-0.15, -0.1) is 0 Å². The van der Waals surface area contributed by atoms with E-state index in [0.717, 1.165) is 17.9 Å². The van der Waals surface area contributed by atoms with Crippen LogP contribution in [0.1, 0.15) is 27.2 Å². The molecule has 0 saturated carbocycles. The van der Waals surface area contributed by atoms with E-state index in [2.05, 4.69) is 30.9 Å². The second-order valence-corrected chi connectivity index (χ2v) is 12.5. The molecule has 8 nitrogen and oxygen atoms in total. The van der Waals surface area contributed by atoms with Crippen molar-refractivity contribution < 1.29 is 22.7 Å². The van der Waals surface area contributed by atoms with Crippen molar-refractivity contribution in [3.8, 4) is 5.75 Å². The predicted octanol–water partition coefficient (Wildman–Crippen LogP) is 2.49. The summed E-state index contributed by atoms with van der Waals surface area (Å²) in [5.74, 6) is 1.20. The molecular formula is C24H37N3O5S. The van der Waals surface area contributed by atoms with Gasteiger partial charge in [0.25, 0.3) is 0 Å². The fraction of sp³-hybridized carbons (Fsp3) is 0.708. The minimum atomic E-state index is -3.03. The minimum absolute atomic E-state index is 0.00770. The van der Waals surface area contributed by atoms with E-state index >= 15 is 0 Å². The number of carbonyl (C=O) groups excluding carboxylic acids is 1. The Bertz CT molecular complexity index is 935. The maximum atomic E-state index is 13.5. The molecule has 1 aromatic rings. The van der Waals surface area contributed by atoms with Gasteiger partial charge in [0.05, 0.1) is 36.8 Å². The molecule has 0 radical (unpaired) electrons. The van der Waals surface area contributed by atoms with Gasteiger partial charge < -0.3 is 24.2 Å². The first kappa shape index (κ1) is 24.1. The van der Waals surface area contributed by atoms with E-state index in [9.17, 15) is 13.2 Å². The van der Waals surface area contributed by atoms with E-state index in [-0.39, 0.29) is 54.0 Å². The number of urea groups is 1. The van der Waals surface area contributed by atoms with Gasteiger partial charge in [-0.2, -0.15) is 0 Å². The van der Waals surface area contributed by atoms with Gasteiger partial charge >= 0.3 is 6.03 Å². The Kier molecular flexibility index (Phi) is 6.82. The molecule has 2 amide bonds. The highest BCUT2D eigenvalue weighted by Crippen LogP contribution is 2.46. The Labute approximate surface area is 197 Å². The molecule has 0 aromatic heterocycles. The standard InChI is InChI=1S/C24H37N3O5S/c1-5-32-20-8-6-19(7-9-20)27-21(17-31-4)18-14-24(2,3)22(27)16-26(15-18)23(28)25-10-12-33(29,30)13-11-25/h6-9,18,21-22H,5,10-17H2,1-4H3. The summed E-state index contributed by atoms with van der Waals surface area (Å²) in [5, 5.41) is 0. The fourth-order valence-corrected chi connectivity index (χ4v) is 6.97. The number of sulfone groups is 1. The number of anilines is 1. The van der Waals surface area contributed by atoms with Gasteiger partial charge in [-0.25, -0.2) is 13.2 Å². The molecule has 33 heavy (non-hydrogen) atoms. The van der Waals surface area contributed by atoms with Crippen molar-refractivity contribution in [3.63, 3.8) is 0 Å². The number of hydrogen-bond acceptors (Lipinski definition) is 6. The van der Waals surface area contributed by atoms with Gasteiger partial charge in [-0.05, 0) is 48.9 Å². The largest absolute Gasteiger partial charge is 0.494 e. The monoisotopic (exact) mass is 479 g/mol. The number of methoxy groups -OCH3 is 1. The molecule has 9 heteroatoms. The number of hydrogen-bond donors (Lipinski definition) is 0. The van der Waals surface area contributed by atoms with Gasteiger partial charge in [0.15, 0.2) is 9.84 Å². The molecule has 4 heterocycles. The van der Waals surface area contributed by atoms with Crippen LogP contribution < -0.4 is 9.64 Å². The van der Waals surface area contributed by atoms with Crippen LogP contribution in [0.4, 0.5) is 10.5 Å². The molecule has 184 valence electrons. The summed E-state index contributed by atoms with van der Waals surface area (Å²) < 4.78 is 35.0. The summed E-state index contributed by atoms with van der Waals surface area (Å²) in [6.45, 7) is 9.59. The van der Waals surface area contributed by atoms with Crippen molar-refractivity contribution in [1.29, 1.82) is 0 Å². The normalized spacial score (nSPS) is 28.5. The number of nitrogens with zero attached hydrogens (tertiary/aromatic N) is 3. The number of carbonyl (C=O) groups is 1. The molecule has 3 atom stereocenters. The third-order valence-electron chi connectivity index (χ3n) is 7.44. The lowest BCUT2D eigenvalue weighted by atomic mass is 9.70. The third-order valence-corrected chi connectivity index (χ3v) is 9.05. The van der Waals surface area contributed by atoms with Gasteiger partial charge in [0, 0.05) is 39.0 Å². The van der Waals surface area contributed by atoms with Crippen molar-refractivity contribution in [2.45, 2.75) is 39.3 Å². The number of benzene rings is 1. The fourth-order valence-electron chi connectivity index (χ4n) is 5.77. The molecule has 3 unspecified atom stereocenters. The molecule has 0 spiro atoms. The lowest BCUT2D eigenvalue weighted by molar-refractivity contribution is 0.0924. The van der Waals surface area contributed by atoms with Crippen molar-refractivity contribution >= 4 is 21.6 Å². The van der Waals surface area contributed by atoms with Crippen LogP contribution in [0.2, 0.25) is 0 Å².